The van der Waals surface area contributed by atoms with Crippen LogP contribution in [0.1, 0.15) is 19.3 Å². The van der Waals surface area contributed by atoms with Gasteiger partial charge in [-0.25, -0.2) is 13.1 Å². The SMILES string of the molecule is O=C(CCOC1CCNCC1)NS(=O)(=O)c1ccccc1. The molecule has 1 aromatic carbocycles. The molecule has 0 atom stereocenters. The highest BCUT2D eigenvalue weighted by molar-refractivity contribution is 7.90. The number of nitrogens with one attached hydrogen (secondary N) is 2. The predicted octanol–water partition coefficient (Wildman–Crippen LogP) is 0.650. The van der Waals surface area contributed by atoms with Crippen LogP contribution in [0.15, 0.2) is 35.2 Å². The van der Waals surface area contributed by atoms with Crippen LogP contribution in [0.5, 0.6) is 0 Å². The molecule has 116 valence electrons. The molecule has 0 saturated carbocycles. The Morgan fingerprint density at radius 3 is 2.57 bits per heavy atom. The van der Waals surface area contributed by atoms with Crippen LogP contribution in [0.2, 0.25) is 0 Å². The first-order chi connectivity index (χ1) is 10.1. The summed E-state index contributed by atoms with van der Waals surface area (Å²) in [5.74, 6) is -0.548. The van der Waals surface area contributed by atoms with Crippen LogP contribution >= 0.6 is 0 Å². The number of benzene rings is 1. The van der Waals surface area contributed by atoms with E-state index in [9.17, 15) is 13.2 Å². The molecule has 1 fully saturated rings. The molecule has 0 radical (unpaired) electrons. The number of rotatable bonds is 6. The van der Waals surface area contributed by atoms with E-state index in [0.717, 1.165) is 25.9 Å². The highest BCUT2D eigenvalue weighted by Crippen LogP contribution is 2.09. The summed E-state index contributed by atoms with van der Waals surface area (Å²) in [5.41, 5.74) is 0. The number of piperidine rings is 1. The number of hydrogen-bond acceptors (Lipinski definition) is 5. The second kappa shape index (κ2) is 7.53. The minimum atomic E-state index is -3.78. The standard InChI is InChI=1S/C14H20N2O4S/c17-14(8-11-20-12-6-9-15-10-7-12)16-21(18,19)13-4-2-1-3-5-13/h1-5,12,15H,6-11H2,(H,16,17). The maximum absolute atomic E-state index is 11.9. The summed E-state index contributed by atoms with van der Waals surface area (Å²) in [6.07, 6.45) is 2.04. The lowest BCUT2D eigenvalue weighted by Gasteiger charge is -2.22. The summed E-state index contributed by atoms with van der Waals surface area (Å²) >= 11 is 0. The molecule has 1 aromatic rings. The smallest absolute Gasteiger partial charge is 0.264 e. The highest BCUT2D eigenvalue weighted by Gasteiger charge is 2.18. The van der Waals surface area contributed by atoms with Crippen molar-refractivity contribution in [3.63, 3.8) is 0 Å². The Bertz CT molecular complexity index is 554. The Morgan fingerprint density at radius 1 is 1.24 bits per heavy atom. The second-order valence-electron chi connectivity index (χ2n) is 4.91. The van der Waals surface area contributed by atoms with Crippen molar-refractivity contribution in [1.82, 2.24) is 10.0 Å². The molecule has 1 heterocycles. The fourth-order valence-electron chi connectivity index (χ4n) is 2.14. The third kappa shape index (κ3) is 5.11. The fourth-order valence-corrected chi connectivity index (χ4v) is 3.17. The second-order valence-corrected chi connectivity index (χ2v) is 6.59. The van der Waals surface area contributed by atoms with E-state index in [1.165, 1.54) is 12.1 Å². The van der Waals surface area contributed by atoms with Crippen molar-refractivity contribution < 1.29 is 17.9 Å². The van der Waals surface area contributed by atoms with Gasteiger partial charge in [0.05, 0.1) is 24.0 Å². The Morgan fingerprint density at radius 2 is 1.90 bits per heavy atom. The average Bonchev–Trinajstić information content (AvgIpc) is 2.49. The van der Waals surface area contributed by atoms with Crippen molar-refractivity contribution in [2.45, 2.75) is 30.3 Å². The summed E-state index contributed by atoms with van der Waals surface area (Å²) in [5, 5.41) is 3.22. The van der Waals surface area contributed by atoms with E-state index in [0.29, 0.717) is 0 Å². The maximum atomic E-state index is 11.9. The number of amides is 1. The van der Waals surface area contributed by atoms with Crippen LogP contribution in [0.4, 0.5) is 0 Å². The molecule has 1 amide bonds. The van der Waals surface area contributed by atoms with Gasteiger partial charge >= 0.3 is 0 Å². The van der Waals surface area contributed by atoms with Gasteiger partial charge < -0.3 is 10.1 Å². The van der Waals surface area contributed by atoms with E-state index in [1.54, 1.807) is 18.2 Å². The number of hydrogen-bond donors (Lipinski definition) is 2. The zero-order valence-electron chi connectivity index (χ0n) is 11.7. The summed E-state index contributed by atoms with van der Waals surface area (Å²) in [6.45, 7) is 2.07. The normalized spacial score (nSPS) is 16.6. The summed E-state index contributed by atoms with van der Waals surface area (Å²) < 4.78 is 31.5. The zero-order chi connectivity index (χ0) is 15.1. The molecule has 0 bridgehead atoms. The van der Waals surface area contributed by atoms with Gasteiger partial charge in [0.25, 0.3) is 10.0 Å². The average molecular weight is 312 g/mol. The number of ether oxygens (including phenoxy) is 1. The molecular formula is C14H20N2O4S. The van der Waals surface area contributed by atoms with Crippen molar-refractivity contribution in [3.8, 4) is 0 Å². The largest absolute Gasteiger partial charge is 0.378 e. The van der Waals surface area contributed by atoms with Gasteiger partial charge in [0.15, 0.2) is 0 Å². The fraction of sp³-hybridized carbons (Fsp3) is 0.500. The number of sulfonamides is 1. The van der Waals surface area contributed by atoms with Gasteiger partial charge in [-0.05, 0) is 38.1 Å². The van der Waals surface area contributed by atoms with E-state index in [1.807, 2.05) is 0 Å². The summed E-state index contributed by atoms with van der Waals surface area (Å²) in [7, 11) is -3.78. The van der Waals surface area contributed by atoms with Gasteiger partial charge in [-0.1, -0.05) is 18.2 Å². The Labute approximate surface area is 124 Å². The minimum absolute atomic E-state index is 0.0377. The molecule has 2 N–H and O–H groups in total. The molecular weight excluding hydrogens is 292 g/mol. The molecule has 1 aliphatic rings. The van der Waals surface area contributed by atoms with Crippen LogP contribution in [-0.4, -0.2) is 40.1 Å². The van der Waals surface area contributed by atoms with Crippen molar-refractivity contribution in [2.75, 3.05) is 19.7 Å². The first kappa shape index (κ1) is 15.9. The van der Waals surface area contributed by atoms with Crippen LogP contribution in [0.3, 0.4) is 0 Å². The van der Waals surface area contributed by atoms with Gasteiger partial charge in [-0.3, -0.25) is 4.79 Å². The van der Waals surface area contributed by atoms with E-state index in [-0.39, 0.29) is 24.0 Å². The third-order valence-electron chi connectivity index (χ3n) is 3.27. The quantitative estimate of drug-likeness (QED) is 0.806. The Kier molecular flexibility index (Phi) is 5.72. The molecule has 21 heavy (non-hydrogen) atoms. The van der Waals surface area contributed by atoms with Crippen molar-refractivity contribution >= 4 is 15.9 Å². The van der Waals surface area contributed by atoms with Crippen molar-refractivity contribution in [1.29, 1.82) is 0 Å². The summed E-state index contributed by atoms with van der Waals surface area (Å²) in [6, 6.07) is 7.83. The monoisotopic (exact) mass is 312 g/mol. The van der Waals surface area contributed by atoms with E-state index in [2.05, 4.69) is 10.0 Å². The third-order valence-corrected chi connectivity index (χ3v) is 4.66. The van der Waals surface area contributed by atoms with E-state index < -0.39 is 15.9 Å². The van der Waals surface area contributed by atoms with E-state index in [4.69, 9.17) is 4.74 Å². The first-order valence-corrected chi connectivity index (χ1v) is 8.49. The van der Waals surface area contributed by atoms with Crippen molar-refractivity contribution in [3.05, 3.63) is 30.3 Å². The van der Waals surface area contributed by atoms with Gasteiger partial charge in [0.2, 0.25) is 5.91 Å². The van der Waals surface area contributed by atoms with Crippen molar-refractivity contribution in [2.24, 2.45) is 0 Å². The molecule has 2 rings (SSSR count). The molecule has 6 nitrogen and oxygen atoms in total. The van der Waals surface area contributed by atoms with Crippen LogP contribution in [0.25, 0.3) is 0 Å². The molecule has 0 spiro atoms. The number of carbonyl (C=O) groups is 1. The molecule has 0 unspecified atom stereocenters. The molecule has 7 heteroatoms. The van der Waals surface area contributed by atoms with Gasteiger partial charge in [0.1, 0.15) is 0 Å². The minimum Gasteiger partial charge on any atom is -0.378 e. The topological polar surface area (TPSA) is 84.5 Å². The predicted molar refractivity (Wildman–Crippen MR) is 78.2 cm³/mol. The van der Waals surface area contributed by atoms with Crippen LogP contribution in [-0.2, 0) is 19.6 Å². The first-order valence-electron chi connectivity index (χ1n) is 7.01. The van der Waals surface area contributed by atoms with E-state index >= 15 is 0 Å². The molecule has 0 aromatic heterocycles. The lowest BCUT2D eigenvalue weighted by atomic mass is 10.1. The summed E-state index contributed by atoms with van der Waals surface area (Å²) in [4.78, 5) is 11.8. The molecule has 1 saturated heterocycles. The Hall–Kier alpha value is -1.44. The molecule has 1 aliphatic heterocycles. The highest BCUT2D eigenvalue weighted by atomic mass is 32.2. The van der Waals surface area contributed by atoms with Gasteiger partial charge in [-0.15, -0.1) is 0 Å². The lowest BCUT2D eigenvalue weighted by molar-refractivity contribution is -0.121. The zero-order valence-corrected chi connectivity index (χ0v) is 12.6. The van der Waals surface area contributed by atoms with Gasteiger partial charge in [0, 0.05) is 0 Å². The van der Waals surface area contributed by atoms with Crippen LogP contribution in [0, 0.1) is 0 Å². The van der Waals surface area contributed by atoms with Crippen LogP contribution < -0.4 is 10.0 Å². The lowest BCUT2D eigenvalue weighted by Crippen LogP contribution is -2.34. The molecule has 0 aliphatic carbocycles. The maximum Gasteiger partial charge on any atom is 0.264 e. The number of carbonyl (C=O) groups excluding carboxylic acids is 1. The van der Waals surface area contributed by atoms with Gasteiger partial charge in [-0.2, -0.15) is 0 Å². The Balaban J connectivity index is 1.76.